The first-order chi connectivity index (χ1) is 8.13. The summed E-state index contributed by atoms with van der Waals surface area (Å²) in [4.78, 5) is 33.7. The lowest BCUT2D eigenvalue weighted by molar-refractivity contribution is -0.126. The summed E-state index contributed by atoms with van der Waals surface area (Å²) in [5.74, 6) is -0.605. The molecule has 1 fully saturated rings. The first kappa shape index (κ1) is 13.5. The normalized spacial score (nSPS) is 18.6. The van der Waals surface area contributed by atoms with Crippen LogP contribution in [-0.4, -0.2) is 37.4 Å². The molecule has 1 aliphatic rings. The maximum absolute atomic E-state index is 11.6. The molecule has 1 atom stereocenters. The summed E-state index contributed by atoms with van der Waals surface area (Å²) in [5, 5.41) is 7.98. The smallest absolute Gasteiger partial charge is 0.225 e. The first-order valence-electron chi connectivity index (χ1n) is 5.94. The number of carbonyl (C=O) groups excluding carboxylic acids is 3. The van der Waals surface area contributed by atoms with E-state index in [4.69, 9.17) is 0 Å². The molecule has 1 aliphatic heterocycles. The Labute approximate surface area is 101 Å². The van der Waals surface area contributed by atoms with Gasteiger partial charge in [0.25, 0.3) is 0 Å². The zero-order valence-electron chi connectivity index (χ0n) is 10.0. The van der Waals surface area contributed by atoms with Crippen molar-refractivity contribution < 1.29 is 14.4 Å². The van der Waals surface area contributed by atoms with Gasteiger partial charge in [0.2, 0.25) is 17.7 Å². The highest BCUT2D eigenvalue weighted by Crippen LogP contribution is 2.08. The number of rotatable bonds is 6. The third kappa shape index (κ3) is 4.84. The fourth-order valence-corrected chi connectivity index (χ4v) is 1.59. The van der Waals surface area contributed by atoms with E-state index in [0.717, 1.165) is 6.42 Å². The molecule has 0 bridgehead atoms. The van der Waals surface area contributed by atoms with Gasteiger partial charge >= 0.3 is 0 Å². The minimum Gasteiger partial charge on any atom is -0.356 e. The highest BCUT2D eigenvalue weighted by Gasteiger charge is 2.27. The van der Waals surface area contributed by atoms with Crippen molar-refractivity contribution in [2.24, 2.45) is 5.92 Å². The second-order valence-corrected chi connectivity index (χ2v) is 4.10. The van der Waals surface area contributed by atoms with Gasteiger partial charge in [0.15, 0.2) is 0 Å². The molecular formula is C11H19N3O3. The van der Waals surface area contributed by atoms with Crippen LogP contribution in [0.2, 0.25) is 0 Å². The van der Waals surface area contributed by atoms with Crippen LogP contribution in [0.4, 0.5) is 0 Å². The summed E-state index contributed by atoms with van der Waals surface area (Å²) in [5.41, 5.74) is 0. The van der Waals surface area contributed by atoms with E-state index >= 15 is 0 Å². The largest absolute Gasteiger partial charge is 0.356 e. The van der Waals surface area contributed by atoms with Gasteiger partial charge < -0.3 is 16.0 Å². The third-order valence-corrected chi connectivity index (χ3v) is 2.57. The molecule has 0 aromatic heterocycles. The van der Waals surface area contributed by atoms with Crippen molar-refractivity contribution in [3.8, 4) is 0 Å². The Morgan fingerprint density at radius 1 is 1.35 bits per heavy atom. The molecule has 0 saturated carbocycles. The predicted molar refractivity (Wildman–Crippen MR) is 62.0 cm³/mol. The molecule has 0 aliphatic carbocycles. The maximum atomic E-state index is 11.6. The van der Waals surface area contributed by atoms with E-state index in [0.29, 0.717) is 19.6 Å². The van der Waals surface area contributed by atoms with E-state index in [1.807, 2.05) is 6.92 Å². The van der Waals surface area contributed by atoms with Crippen LogP contribution >= 0.6 is 0 Å². The molecule has 17 heavy (non-hydrogen) atoms. The SMILES string of the molecule is CCCNC(=O)CCNC(=O)C1CNC(=O)C1. The monoisotopic (exact) mass is 241 g/mol. The Kier molecular flexibility index (Phi) is 5.45. The molecule has 0 spiro atoms. The lowest BCUT2D eigenvalue weighted by atomic mass is 10.1. The van der Waals surface area contributed by atoms with Crippen molar-refractivity contribution in [2.75, 3.05) is 19.6 Å². The highest BCUT2D eigenvalue weighted by atomic mass is 16.2. The number of hydrogen-bond acceptors (Lipinski definition) is 3. The van der Waals surface area contributed by atoms with Crippen LogP contribution in [0.25, 0.3) is 0 Å². The molecule has 3 amide bonds. The highest BCUT2D eigenvalue weighted by molar-refractivity contribution is 5.89. The average molecular weight is 241 g/mol. The summed E-state index contributed by atoms with van der Waals surface area (Å²) in [6.07, 6.45) is 1.42. The van der Waals surface area contributed by atoms with Gasteiger partial charge in [-0.2, -0.15) is 0 Å². The molecule has 0 aromatic rings. The number of hydrogen-bond donors (Lipinski definition) is 3. The second kappa shape index (κ2) is 6.88. The van der Waals surface area contributed by atoms with Gasteiger partial charge in [-0.1, -0.05) is 6.92 Å². The van der Waals surface area contributed by atoms with E-state index in [9.17, 15) is 14.4 Å². The van der Waals surface area contributed by atoms with E-state index in [-0.39, 0.29) is 36.5 Å². The van der Waals surface area contributed by atoms with Crippen molar-refractivity contribution >= 4 is 17.7 Å². The summed E-state index contributed by atoms with van der Waals surface area (Å²) in [7, 11) is 0. The molecule has 6 heteroatoms. The van der Waals surface area contributed by atoms with Crippen LogP contribution in [0.5, 0.6) is 0 Å². The Hall–Kier alpha value is -1.59. The van der Waals surface area contributed by atoms with Gasteiger partial charge in [0.05, 0.1) is 5.92 Å². The van der Waals surface area contributed by atoms with Crippen molar-refractivity contribution in [2.45, 2.75) is 26.2 Å². The number of nitrogens with one attached hydrogen (secondary N) is 3. The predicted octanol–water partition coefficient (Wildman–Crippen LogP) is -0.845. The van der Waals surface area contributed by atoms with Crippen LogP contribution in [0.3, 0.4) is 0 Å². The van der Waals surface area contributed by atoms with Crippen LogP contribution in [-0.2, 0) is 14.4 Å². The van der Waals surface area contributed by atoms with Crippen LogP contribution in [0.15, 0.2) is 0 Å². The Balaban J connectivity index is 2.12. The summed E-state index contributed by atoms with van der Waals surface area (Å²) in [6.45, 7) is 3.35. The molecule has 0 radical (unpaired) electrons. The van der Waals surface area contributed by atoms with Crippen molar-refractivity contribution in [3.05, 3.63) is 0 Å². The molecule has 1 heterocycles. The second-order valence-electron chi connectivity index (χ2n) is 4.10. The fraction of sp³-hybridized carbons (Fsp3) is 0.727. The maximum Gasteiger partial charge on any atom is 0.225 e. The van der Waals surface area contributed by atoms with Crippen molar-refractivity contribution in [3.63, 3.8) is 0 Å². The molecule has 96 valence electrons. The molecule has 3 N–H and O–H groups in total. The third-order valence-electron chi connectivity index (χ3n) is 2.57. The molecule has 0 aromatic carbocycles. The number of amides is 3. The van der Waals surface area contributed by atoms with Gasteiger partial charge in [0.1, 0.15) is 0 Å². The Morgan fingerprint density at radius 3 is 2.71 bits per heavy atom. The van der Waals surface area contributed by atoms with Gasteiger partial charge in [-0.25, -0.2) is 0 Å². The quantitative estimate of drug-likeness (QED) is 0.566. The zero-order valence-corrected chi connectivity index (χ0v) is 10.0. The Bertz CT molecular complexity index is 304. The van der Waals surface area contributed by atoms with E-state index in [1.54, 1.807) is 0 Å². The van der Waals surface area contributed by atoms with Gasteiger partial charge in [-0.15, -0.1) is 0 Å². The van der Waals surface area contributed by atoms with Crippen molar-refractivity contribution in [1.82, 2.24) is 16.0 Å². The topological polar surface area (TPSA) is 87.3 Å². The van der Waals surface area contributed by atoms with Crippen LogP contribution in [0.1, 0.15) is 26.2 Å². The van der Waals surface area contributed by atoms with Crippen molar-refractivity contribution in [1.29, 1.82) is 0 Å². The van der Waals surface area contributed by atoms with Gasteiger partial charge in [0, 0.05) is 32.5 Å². The summed E-state index contributed by atoms with van der Waals surface area (Å²) < 4.78 is 0. The van der Waals surface area contributed by atoms with E-state index in [2.05, 4.69) is 16.0 Å². The molecule has 6 nitrogen and oxygen atoms in total. The van der Waals surface area contributed by atoms with E-state index in [1.165, 1.54) is 0 Å². The summed E-state index contributed by atoms with van der Waals surface area (Å²) in [6, 6.07) is 0. The van der Waals surface area contributed by atoms with E-state index < -0.39 is 0 Å². The molecule has 1 unspecified atom stereocenters. The average Bonchev–Trinajstić information content (AvgIpc) is 2.73. The molecular weight excluding hydrogens is 222 g/mol. The van der Waals surface area contributed by atoms with Gasteiger partial charge in [-0.05, 0) is 6.42 Å². The summed E-state index contributed by atoms with van der Waals surface area (Å²) >= 11 is 0. The zero-order chi connectivity index (χ0) is 12.7. The lowest BCUT2D eigenvalue weighted by Gasteiger charge is -2.09. The molecule has 1 saturated heterocycles. The van der Waals surface area contributed by atoms with Crippen LogP contribution in [0, 0.1) is 5.92 Å². The minimum atomic E-state index is -0.291. The number of carbonyl (C=O) groups is 3. The Morgan fingerprint density at radius 2 is 2.12 bits per heavy atom. The fourth-order valence-electron chi connectivity index (χ4n) is 1.59. The standard InChI is InChI=1S/C11H19N3O3/c1-2-4-12-9(15)3-5-13-11(17)8-6-10(16)14-7-8/h8H,2-7H2,1H3,(H,12,15)(H,13,17)(H,14,16). The lowest BCUT2D eigenvalue weighted by Crippen LogP contribution is -2.35. The molecule has 1 rings (SSSR count). The van der Waals surface area contributed by atoms with Crippen LogP contribution < -0.4 is 16.0 Å². The van der Waals surface area contributed by atoms with Gasteiger partial charge in [-0.3, -0.25) is 14.4 Å². The minimum absolute atomic E-state index is 0.0622. The first-order valence-corrected chi connectivity index (χ1v) is 5.94.